The number of aryl methyl sites for hydroxylation is 2. The van der Waals surface area contributed by atoms with Crippen LogP contribution < -0.4 is 0 Å². The summed E-state index contributed by atoms with van der Waals surface area (Å²) in [7, 11) is 0. The molecule has 0 N–H and O–H groups in total. The first kappa shape index (κ1) is 18.5. The molecule has 0 amide bonds. The van der Waals surface area contributed by atoms with Crippen LogP contribution in [0.5, 0.6) is 0 Å². The van der Waals surface area contributed by atoms with Crippen LogP contribution in [0.25, 0.3) is 16.9 Å². The van der Waals surface area contributed by atoms with Crippen LogP contribution in [0.3, 0.4) is 0 Å². The van der Waals surface area contributed by atoms with E-state index in [0.717, 1.165) is 11.3 Å². The van der Waals surface area contributed by atoms with Crippen molar-refractivity contribution in [1.29, 1.82) is 0 Å². The zero-order valence-corrected chi connectivity index (χ0v) is 15.9. The van der Waals surface area contributed by atoms with Gasteiger partial charge in [0.2, 0.25) is 0 Å². The fourth-order valence-electron chi connectivity index (χ4n) is 2.68. The second kappa shape index (κ2) is 8.41. The van der Waals surface area contributed by atoms with Crippen LogP contribution in [0, 0.1) is 13.8 Å². The third-order valence-electron chi connectivity index (χ3n) is 4.25. The number of hydrogen-bond acceptors (Lipinski definition) is 3. The van der Waals surface area contributed by atoms with Crippen molar-refractivity contribution in [2.75, 3.05) is 0 Å². The fourth-order valence-corrected chi connectivity index (χ4v) is 2.68. The largest absolute Gasteiger partial charge is 0.292 e. The summed E-state index contributed by atoms with van der Waals surface area (Å²) in [5.74, 6) is 0.0320. The van der Waals surface area contributed by atoms with E-state index in [2.05, 4.69) is 48.2 Å². The molecule has 0 radical (unpaired) electrons. The molecular weight excluding hydrogens is 334 g/mol. The summed E-state index contributed by atoms with van der Waals surface area (Å²) < 4.78 is 1.72. The summed E-state index contributed by atoms with van der Waals surface area (Å²) in [5.41, 5.74) is 5.80. The van der Waals surface area contributed by atoms with Crippen molar-refractivity contribution in [3.63, 3.8) is 0 Å². The number of fused-ring (bicyclic) bond motifs is 1. The van der Waals surface area contributed by atoms with Gasteiger partial charge in [-0.25, -0.2) is 9.50 Å². The molecule has 2 aromatic heterocycles. The monoisotopic (exact) mass is 357 g/mol. The van der Waals surface area contributed by atoms with Gasteiger partial charge >= 0.3 is 0 Å². The molecule has 0 unspecified atom stereocenters. The number of ketones is 1. The predicted octanol–water partition coefficient (Wildman–Crippen LogP) is 5.29. The molecule has 0 atom stereocenters. The lowest BCUT2D eigenvalue weighted by atomic mass is 10.1. The number of carbonyl (C=O) groups is 1. The van der Waals surface area contributed by atoms with Crippen LogP contribution in [0.1, 0.15) is 35.0 Å². The van der Waals surface area contributed by atoms with Gasteiger partial charge in [0.15, 0.2) is 11.4 Å². The van der Waals surface area contributed by atoms with E-state index < -0.39 is 0 Å². The van der Waals surface area contributed by atoms with Crippen LogP contribution in [0.4, 0.5) is 0 Å². The quantitative estimate of drug-likeness (QED) is 0.468. The van der Waals surface area contributed by atoms with Gasteiger partial charge in [0.25, 0.3) is 0 Å². The van der Waals surface area contributed by atoms with Gasteiger partial charge in [0.05, 0.1) is 5.69 Å². The average Bonchev–Trinajstić information content (AvgIpc) is 3.15. The first-order chi connectivity index (χ1) is 13.1. The lowest BCUT2D eigenvalue weighted by Crippen LogP contribution is -1.99. The molecule has 0 saturated carbocycles. The van der Waals surface area contributed by atoms with Gasteiger partial charge in [0.1, 0.15) is 5.69 Å². The van der Waals surface area contributed by atoms with Gasteiger partial charge in [0, 0.05) is 24.2 Å². The van der Waals surface area contributed by atoms with Gasteiger partial charge in [-0.2, -0.15) is 5.10 Å². The number of benzene rings is 2. The minimum atomic E-state index is 0.0320. The molecule has 0 aliphatic heterocycles. The molecular formula is C23H23N3O. The first-order valence-corrected chi connectivity index (χ1v) is 9.05. The van der Waals surface area contributed by atoms with Crippen LogP contribution in [-0.4, -0.2) is 20.4 Å². The molecule has 4 rings (SSSR count). The summed E-state index contributed by atoms with van der Waals surface area (Å²) in [6.45, 7) is 6.02. The number of Topliss-reactive ketones (excluding diaryl/α,β-unsaturated/α-hetero) is 1. The van der Waals surface area contributed by atoms with E-state index in [1.807, 2.05) is 43.3 Å². The third kappa shape index (κ3) is 4.47. The lowest BCUT2D eigenvalue weighted by Gasteiger charge is -2.03. The first-order valence-electron chi connectivity index (χ1n) is 9.05. The molecule has 0 fully saturated rings. The molecule has 0 saturated heterocycles. The highest BCUT2D eigenvalue weighted by Crippen LogP contribution is 2.19. The Morgan fingerprint density at radius 1 is 0.926 bits per heavy atom. The number of carbonyl (C=O) groups excluding carboxylic acids is 1. The Balaban J connectivity index is 0.000000221. The Kier molecular flexibility index (Phi) is 5.77. The lowest BCUT2D eigenvalue weighted by molar-refractivity contribution is 0.0983. The minimum Gasteiger partial charge on any atom is -0.292 e. The van der Waals surface area contributed by atoms with Crippen LogP contribution in [0.2, 0.25) is 0 Å². The maximum Gasteiger partial charge on any atom is 0.182 e. The fraction of sp³-hybridized carbons (Fsp3) is 0.174. The minimum absolute atomic E-state index is 0.0320. The van der Waals surface area contributed by atoms with Gasteiger partial charge in [-0.15, -0.1) is 0 Å². The number of nitrogens with zero attached hydrogens (tertiary/aromatic N) is 3. The number of hydrogen-bond donors (Lipinski definition) is 0. The molecule has 2 heterocycles. The van der Waals surface area contributed by atoms with E-state index in [1.165, 1.54) is 11.1 Å². The van der Waals surface area contributed by atoms with E-state index in [0.29, 0.717) is 17.8 Å². The molecule has 4 aromatic rings. The van der Waals surface area contributed by atoms with E-state index >= 15 is 0 Å². The summed E-state index contributed by atoms with van der Waals surface area (Å²) in [4.78, 5) is 16.0. The Morgan fingerprint density at radius 2 is 1.56 bits per heavy atom. The molecule has 0 bridgehead atoms. The topological polar surface area (TPSA) is 47.3 Å². The molecule has 2 aromatic carbocycles. The highest BCUT2D eigenvalue weighted by atomic mass is 16.1. The van der Waals surface area contributed by atoms with Crippen molar-refractivity contribution in [3.8, 4) is 11.3 Å². The van der Waals surface area contributed by atoms with Gasteiger partial charge in [-0.3, -0.25) is 4.79 Å². The Hall–Kier alpha value is -3.27. The number of rotatable bonds is 3. The molecule has 0 spiro atoms. The normalized spacial score (nSPS) is 10.3. The van der Waals surface area contributed by atoms with Crippen molar-refractivity contribution in [3.05, 3.63) is 89.7 Å². The van der Waals surface area contributed by atoms with Crippen LogP contribution in [-0.2, 0) is 0 Å². The third-order valence-corrected chi connectivity index (χ3v) is 4.25. The predicted molar refractivity (Wildman–Crippen MR) is 109 cm³/mol. The maximum atomic E-state index is 11.7. The van der Waals surface area contributed by atoms with Crippen molar-refractivity contribution in [1.82, 2.24) is 14.6 Å². The highest BCUT2D eigenvalue weighted by molar-refractivity contribution is 5.95. The molecule has 0 aliphatic rings. The molecule has 4 nitrogen and oxygen atoms in total. The maximum absolute atomic E-state index is 11.7. The van der Waals surface area contributed by atoms with E-state index in [9.17, 15) is 4.79 Å². The zero-order valence-electron chi connectivity index (χ0n) is 15.9. The summed E-state index contributed by atoms with van der Waals surface area (Å²) >= 11 is 0. The summed E-state index contributed by atoms with van der Waals surface area (Å²) in [6.07, 6.45) is 2.18. The van der Waals surface area contributed by atoms with Gasteiger partial charge < -0.3 is 0 Å². The van der Waals surface area contributed by atoms with E-state index in [1.54, 1.807) is 16.8 Å². The SMILES string of the molecule is CCC(=O)c1cc2nccc(-c3ccccc3)n2n1.Cc1ccc(C)cc1. The Labute approximate surface area is 159 Å². The van der Waals surface area contributed by atoms with Crippen LogP contribution in [0.15, 0.2) is 72.9 Å². The standard InChI is InChI=1S/C15H13N3O.C8H10/c1-2-14(19)12-10-15-16-9-8-13(18(15)17-12)11-6-4-3-5-7-11;1-7-3-5-8(2)6-4-7/h3-10H,2H2,1H3;3-6H,1-2H3. The average molecular weight is 357 g/mol. The molecule has 136 valence electrons. The van der Waals surface area contributed by atoms with E-state index in [-0.39, 0.29) is 5.78 Å². The van der Waals surface area contributed by atoms with Crippen molar-refractivity contribution in [2.45, 2.75) is 27.2 Å². The second-order valence-corrected chi connectivity index (χ2v) is 6.43. The second-order valence-electron chi connectivity index (χ2n) is 6.43. The number of aromatic nitrogens is 3. The van der Waals surface area contributed by atoms with Crippen molar-refractivity contribution >= 4 is 11.4 Å². The summed E-state index contributed by atoms with van der Waals surface area (Å²) in [6, 6.07) is 22.1. The van der Waals surface area contributed by atoms with E-state index in [4.69, 9.17) is 0 Å². The molecule has 27 heavy (non-hydrogen) atoms. The highest BCUT2D eigenvalue weighted by Gasteiger charge is 2.12. The molecule has 4 heteroatoms. The summed E-state index contributed by atoms with van der Waals surface area (Å²) in [5, 5.41) is 4.36. The van der Waals surface area contributed by atoms with Crippen molar-refractivity contribution < 1.29 is 4.79 Å². The van der Waals surface area contributed by atoms with Gasteiger partial charge in [-0.1, -0.05) is 72.6 Å². The zero-order chi connectivity index (χ0) is 19.2. The molecule has 0 aliphatic carbocycles. The van der Waals surface area contributed by atoms with Crippen LogP contribution >= 0.6 is 0 Å². The Bertz CT molecular complexity index is 1010. The van der Waals surface area contributed by atoms with Crippen molar-refractivity contribution in [2.24, 2.45) is 0 Å². The Morgan fingerprint density at radius 3 is 2.15 bits per heavy atom. The smallest absolute Gasteiger partial charge is 0.182 e. The van der Waals surface area contributed by atoms with Gasteiger partial charge in [-0.05, 0) is 19.9 Å².